The monoisotopic (exact) mass is 329 g/mol. The van der Waals surface area contributed by atoms with Crippen LogP contribution in [-0.2, 0) is 0 Å². The van der Waals surface area contributed by atoms with Gasteiger partial charge < -0.3 is 5.21 Å². The van der Waals surface area contributed by atoms with Crippen LogP contribution in [0.25, 0.3) is 16.7 Å². The highest BCUT2D eigenvalue weighted by Crippen LogP contribution is 2.28. The highest BCUT2D eigenvalue weighted by molar-refractivity contribution is 5.84. The molecule has 0 aliphatic carbocycles. The number of aryl methyl sites for hydroxylation is 2. The van der Waals surface area contributed by atoms with Gasteiger partial charge in [-0.25, -0.2) is 0 Å². The summed E-state index contributed by atoms with van der Waals surface area (Å²) in [5.41, 5.74) is 0.467. The maximum atomic E-state index is 12.5. The molecule has 0 saturated carbocycles. The van der Waals surface area contributed by atoms with Gasteiger partial charge in [-0.15, -0.1) is 4.85 Å². The molecule has 2 aromatic carbocycles. The molecule has 0 fully saturated rings. The molecular formula is C14H11N5O5. The number of nitro groups is 2. The van der Waals surface area contributed by atoms with Gasteiger partial charge in [0.05, 0.1) is 27.1 Å². The number of hydrogen-bond donors (Lipinski definition) is 0. The minimum absolute atomic E-state index is 0.207. The fourth-order valence-corrected chi connectivity index (χ4v) is 2.41. The first kappa shape index (κ1) is 15.3. The smallest absolute Gasteiger partial charge is 0.334 e. The van der Waals surface area contributed by atoms with Crippen molar-refractivity contribution in [1.82, 2.24) is 9.90 Å². The zero-order valence-corrected chi connectivity index (χ0v) is 12.7. The Labute approximate surface area is 134 Å². The van der Waals surface area contributed by atoms with Crippen molar-refractivity contribution in [1.29, 1.82) is 0 Å². The second-order valence-electron chi connectivity index (χ2n) is 5.30. The summed E-state index contributed by atoms with van der Waals surface area (Å²) in [6, 6.07) is 7.11. The van der Waals surface area contributed by atoms with Crippen molar-refractivity contribution in [3.8, 4) is 5.69 Å². The molecule has 0 aliphatic rings. The average molecular weight is 329 g/mol. The van der Waals surface area contributed by atoms with Gasteiger partial charge in [-0.2, -0.15) is 0 Å². The molecule has 0 aliphatic heterocycles. The average Bonchev–Trinajstić information content (AvgIpc) is 2.85. The lowest BCUT2D eigenvalue weighted by Crippen LogP contribution is -2.37. The van der Waals surface area contributed by atoms with E-state index in [2.05, 4.69) is 5.10 Å². The third kappa shape index (κ3) is 2.29. The lowest BCUT2D eigenvalue weighted by Gasteiger charge is -2.07. The van der Waals surface area contributed by atoms with Gasteiger partial charge in [-0.1, -0.05) is 12.1 Å². The van der Waals surface area contributed by atoms with Crippen LogP contribution in [-0.4, -0.2) is 19.7 Å². The zero-order chi connectivity index (χ0) is 17.6. The molecule has 0 N–H and O–H groups in total. The molecule has 1 heterocycles. The van der Waals surface area contributed by atoms with Crippen molar-refractivity contribution in [2.24, 2.45) is 0 Å². The Morgan fingerprint density at radius 1 is 1.08 bits per heavy atom. The zero-order valence-electron chi connectivity index (χ0n) is 12.7. The van der Waals surface area contributed by atoms with E-state index in [0.717, 1.165) is 28.1 Å². The fraction of sp³-hybridized carbons (Fsp3) is 0.143. The fourth-order valence-electron chi connectivity index (χ4n) is 2.41. The number of nitro benzene ring substituents is 2. The number of aromatic nitrogens is 3. The molecule has 0 radical (unpaired) electrons. The Morgan fingerprint density at radius 3 is 2.42 bits per heavy atom. The minimum atomic E-state index is -0.796. The Kier molecular flexibility index (Phi) is 3.36. The largest absolute Gasteiger partial charge is 0.692 e. The highest BCUT2D eigenvalue weighted by Gasteiger charge is 2.30. The molecule has 0 unspecified atom stereocenters. The minimum Gasteiger partial charge on any atom is -0.692 e. The Bertz CT molecular complexity index is 1010. The van der Waals surface area contributed by atoms with Crippen molar-refractivity contribution in [3.05, 3.63) is 66.9 Å². The summed E-state index contributed by atoms with van der Waals surface area (Å²) in [4.78, 5) is 21.8. The van der Waals surface area contributed by atoms with Crippen LogP contribution >= 0.6 is 0 Å². The van der Waals surface area contributed by atoms with Crippen LogP contribution in [0.3, 0.4) is 0 Å². The van der Waals surface area contributed by atoms with Gasteiger partial charge in [0, 0.05) is 0 Å². The predicted molar refractivity (Wildman–Crippen MR) is 82.8 cm³/mol. The van der Waals surface area contributed by atoms with E-state index in [0.29, 0.717) is 10.5 Å². The number of benzene rings is 2. The van der Waals surface area contributed by atoms with E-state index >= 15 is 0 Å². The summed E-state index contributed by atoms with van der Waals surface area (Å²) in [6.07, 6.45) is 0. The summed E-state index contributed by atoms with van der Waals surface area (Å²) < 4.78 is 0. The van der Waals surface area contributed by atoms with Gasteiger partial charge in [0.1, 0.15) is 5.69 Å². The van der Waals surface area contributed by atoms with Crippen molar-refractivity contribution < 1.29 is 14.7 Å². The van der Waals surface area contributed by atoms with Gasteiger partial charge in [0.2, 0.25) is 5.52 Å². The van der Waals surface area contributed by atoms with E-state index in [1.807, 2.05) is 13.0 Å². The first-order chi connectivity index (χ1) is 11.3. The third-order valence-corrected chi connectivity index (χ3v) is 3.61. The molecule has 10 nitrogen and oxygen atoms in total. The molecule has 3 rings (SSSR count). The normalized spacial score (nSPS) is 10.9. The second kappa shape index (κ2) is 5.26. The third-order valence-electron chi connectivity index (χ3n) is 3.61. The number of rotatable bonds is 3. The first-order valence-corrected chi connectivity index (χ1v) is 6.82. The van der Waals surface area contributed by atoms with Crippen molar-refractivity contribution in [2.45, 2.75) is 13.8 Å². The van der Waals surface area contributed by atoms with Crippen LogP contribution in [0.2, 0.25) is 0 Å². The van der Waals surface area contributed by atoms with Crippen molar-refractivity contribution in [3.63, 3.8) is 0 Å². The molecule has 0 atom stereocenters. The van der Waals surface area contributed by atoms with Crippen LogP contribution in [0.15, 0.2) is 30.3 Å². The molecule has 122 valence electrons. The molecule has 0 amide bonds. The molecule has 3 aromatic rings. The van der Waals surface area contributed by atoms with E-state index in [9.17, 15) is 25.4 Å². The van der Waals surface area contributed by atoms with E-state index < -0.39 is 21.2 Å². The lowest BCUT2D eigenvalue weighted by atomic mass is 10.1. The Morgan fingerprint density at radius 2 is 1.79 bits per heavy atom. The second-order valence-corrected chi connectivity index (χ2v) is 5.30. The molecule has 1 aromatic heterocycles. The van der Waals surface area contributed by atoms with Crippen molar-refractivity contribution >= 4 is 22.4 Å². The Hall–Kier alpha value is -3.56. The molecule has 24 heavy (non-hydrogen) atoms. The summed E-state index contributed by atoms with van der Waals surface area (Å²) in [5, 5.41) is 38.7. The Balaban J connectivity index is 2.38. The topological polar surface area (TPSA) is 131 Å². The molecule has 0 spiro atoms. The van der Waals surface area contributed by atoms with E-state index in [4.69, 9.17) is 0 Å². The first-order valence-electron chi connectivity index (χ1n) is 6.82. The number of fused-ring (bicyclic) bond motifs is 1. The molecule has 0 saturated heterocycles. The van der Waals surface area contributed by atoms with Gasteiger partial charge in [0.15, 0.2) is 0 Å². The summed E-state index contributed by atoms with van der Waals surface area (Å²) in [6.45, 7) is 3.59. The van der Waals surface area contributed by atoms with Crippen LogP contribution in [0.1, 0.15) is 11.1 Å². The SMILES string of the molecule is Cc1ccc(C)c(-n2nc3c([N+](=O)[O-])cc([N+](=O)[O-])cc3[n+]2[O-])c1. The van der Waals surface area contributed by atoms with E-state index in [1.165, 1.54) is 0 Å². The van der Waals surface area contributed by atoms with Gasteiger partial charge >= 0.3 is 11.2 Å². The summed E-state index contributed by atoms with van der Waals surface area (Å²) in [7, 11) is 0. The predicted octanol–water partition coefficient (Wildman–Crippen LogP) is 2.09. The lowest BCUT2D eigenvalue weighted by molar-refractivity contribution is -0.664. The van der Waals surface area contributed by atoms with Crippen LogP contribution < -0.4 is 4.85 Å². The maximum absolute atomic E-state index is 12.5. The quantitative estimate of drug-likeness (QED) is 0.313. The van der Waals surface area contributed by atoms with Crippen LogP contribution in [0.5, 0.6) is 0 Å². The van der Waals surface area contributed by atoms with E-state index in [1.54, 1.807) is 19.1 Å². The van der Waals surface area contributed by atoms with Crippen LogP contribution in [0, 0.1) is 39.3 Å². The molecule has 0 bridgehead atoms. The maximum Gasteiger partial charge on any atom is 0.334 e. The highest BCUT2D eigenvalue weighted by atomic mass is 16.6. The molecular weight excluding hydrogens is 318 g/mol. The van der Waals surface area contributed by atoms with E-state index in [-0.39, 0.29) is 11.0 Å². The van der Waals surface area contributed by atoms with Gasteiger partial charge in [-0.05, 0) is 35.8 Å². The number of non-ortho nitro benzene ring substituents is 2. The molecule has 10 heteroatoms. The van der Waals surface area contributed by atoms with Gasteiger partial charge in [0.25, 0.3) is 5.69 Å². The summed E-state index contributed by atoms with van der Waals surface area (Å²) in [5.74, 6) is 0. The number of hydrogen-bond acceptors (Lipinski definition) is 6. The standard InChI is InChI=1S/C14H11N5O5/c1-8-3-4-9(2)11(5-8)16-15-14-12(17(16)20)6-10(18(21)22)7-13(14)19(23)24/h3-7H,1-2H3. The van der Waals surface area contributed by atoms with Gasteiger partial charge in [-0.3, -0.25) is 20.2 Å². The number of nitrogens with zero attached hydrogens (tertiary/aromatic N) is 5. The summed E-state index contributed by atoms with van der Waals surface area (Å²) >= 11 is 0. The van der Waals surface area contributed by atoms with Crippen molar-refractivity contribution in [2.75, 3.05) is 0 Å². The van der Waals surface area contributed by atoms with Crippen LogP contribution in [0.4, 0.5) is 11.4 Å².